The number of nitrogens with zero attached hydrogens (tertiary/aromatic N) is 1. The Kier molecular flexibility index (Phi) is 3.69. The first kappa shape index (κ1) is 15.6. The van der Waals surface area contributed by atoms with Gasteiger partial charge in [-0.15, -0.1) is 6.42 Å². The minimum atomic E-state index is -0.530. The fourth-order valence-corrected chi connectivity index (χ4v) is 3.91. The van der Waals surface area contributed by atoms with E-state index >= 15 is 0 Å². The summed E-state index contributed by atoms with van der Waals surface area (Å²) < 4.78 is 15.3. The maximum absolute atomic E-state index is 13.6. The predicted molar refractivity (Wildman–Crippen MR) is 93.4 cm³/mol. The molecule has 4 rings (SSSR count). The summed E-state index contributed by atoms with van der Waals surface area (Å²) in [7, 11) is 0. The summed E-state index contributed by atoms with van der Waals surface area (Å²) in [5, 5.41) is 3.36. The summed E-state index contributed by atoms with van der Waals surface area (Å²) in [5.41, 5.74) is 0.685. The molecule has 0 spiro atoms. The number of hydrogen-bond acceptors (Lipinski definition) is 3. The van der Waals surface area contributed by atoms with Gasteiger partial charge < -0.3 is 5.32 Å². The van der Waals surface area contributed by atoms with E-state index < -0.39 is 5.82 Å². The number of carbonyl (C=O) groups is 1. The van der Waals surface area contributed by atoms with Gasteiger partial charge in [-0.05, 0) is 37.1 Å². The van der Waals surface area contributed by atoms with E-state index in [2.05, 4.69) is 11.2 Å². The molecule has 5 heteroatoms. The van der Waals surface area contributed by atoms with Crippen molar-refractivity contribution in [3.8, 4) is 12.3 Å². The number of terminal acetylenes is 1. The second-order valence-electron chi connectivity index (χ2n) is 6.57. The average molecular weight is 336 g/mol. The minimum absolute atomic E-state index is 0.0530. The number of anilines is 1. The quantitative estimate of drug-likeness (QED) is 0.677. The van der Waals surface area contributed by atoms with Gasteiger partial charge >= 0.3 is 0 Å². The first-order valence-corrected chi connectivity index (χ1v) is 8.43. The molecule has 1 saturated carbocycles. The Labute approximate surface area is 144 Å². The molecule has 1 aliphatic heterocycles. The zero-order valence-corrected chi connectivity index (χ0v) is 13.6. The standard InChI is InChI=1S/C20H17FN2O2/c1-2-12-11-13(7-9-15(12)21)19(25)14-8-10-18(24)23-17-6-4-3-5-16(17)22-20(14)23/h1,7-11,16-17,22H,3-6H2/t16-,17+/m1/s1. The number of halogens is 1. The van der Waals surface area contributed by atoms with E-state index in [4.69, 9.17) is 6.42 Å². The highest BCUT2D eigenvalue weighted by Crippen LogP contribution is 2.38. The van der Waals surface area contributed by atoms with Gasteiger partial charge in [-0.1, -0.05) is 18.8 Å². The van der Waals surface area contributed by atoms with Crippen molar-refractivity contribution in [2.24, 2.45) is 0 Å². The van der Waals surface area contributed by atoms with E-state index in [1.807, 2.05) is 0 Å². The molecule has 0 saturated heterocycles. The third-order valence-electron chi connectivity index (χ3n) is 5.14. The maximum Gasteiger partial charge on any atom is 0.252 e. The molecular weight excluding hydrogens is 319 g/mol. The van der Waals surface area contributed by atoms with Crippen molar-refractivity contribution in [2.75, 3.05) is 5.32 Å². The van der Waals surface area contributed by atoms with Crippen LogP contribution in [0.5, 0.6) is 0 Å². The third kappa shape index (κ3) is 2.45. The monoisotopic (exact) mass is 336 g/mol. The van der Waals surface area contributed by atoms with Crippen molar-refractivity contribution < 1.29 is 9.18 Å². The molecule has 0 bridgehead atoms. The van der Waals surface area contributed by atoms with Crippen LogP contribution in [0.4, 0.5) is 10.2 Å². The molecule has 1 fully saturated rings. The van der Waals surface area contributed by atoms with Crippen LogP contribution in [0.2, 0.25) is 0 Å². The van der Waals surface area contributed by atoms with Crippen molar-refractivity contribution in [3.05, 3.63) is 63.2 Å². The Morgan fingerprint density at radius 2 is 2.04 bits per heavy atom. The first-order chi connectivity index (χ1) is 12.1. The molecule has 1 aromatic carbocycles. The molecule has 2 aliphatic rings. The number of nitrogens with one attached hydrogen (secondary N) is 1. The molecule has 25 heavy (non-hydrogen) atoms. The van der Waals surface area contributed by atoms with E-state index in [1.54, 1.807) is 10.6 Å². The van der Waals surface area contributed by atoms with Crippen molar-refractivity contribution >= 4 is 11.6 Å². The summed E-state index contributed by atoms with van der Waals surface area (Å²) in [6.07, 6.45) is 9.40. The van der Waals surface area contributed by atoms with Crippen LogP contribution >= 0.6 is 0 Å². The molecule has 1 N–H and O–H groups in total. The zero-order chi connectivity index (χ0) is 17.6. The van der Waals surface area contributed by atoms with Crippen LogP contribution in [0, 0.1) is 18.2 Å². The lowest BCUT2D eigenvalue weighted by Gasteiger charge is -2.25. The Bertz CT molecular complexity index is 971. The normalized spacial score (nSPS) is 21.0. The van der Waals surface area contributed by atoms with E-state index in [9.17, 15) is 14.0 Å². The number of aromatic nitrogens is 1. The Morgan fingerprint density at radius 1 is 1.24 bits per heavy atom. The molecule has 2 aromatic rings. The molecule has 1 aromatic heterocycles. The summed E-state index contributed by atoms with van der Waals surface area (Å²) >= 11 is 0. The molecule has 126 valence electrons. The van der Waals surface area contributed by atoms with Crippen molar-refractivity contribution in [2.45, 2.75) is 37.8 Å². The number of carbonyl (C=O) groups excluding carboxylic acids is 1. The summed E-state index contributed by atoms with van der Waals surface area (Å²) in [6, 6.07) is 7.25. The molecule has 4 nitrogen and oxygen atoms in total. The minimum Gasteiger partial charge on any atom is -0.366 e. The number of rotatable bonds is 2. The molecule has 1 aliphatic carbocycles. The highest BCUT2D eigenvalue weighted by atomic mass is 19.1. The highest BCUT2D eigenvalue weighted by molar-refractivity contribution is 6.12. The fourth-order valence-electron chi connectivity index (χ4n) is 3.91. The van der Waals surface area contributed by atoms with Gasteiger partial charge in [0.1, 0.15) is 11.6 Å². The predicted octanol–water partition coefficient (Wildman–Crippen LogP) is 3.11. The van der Waals surface area contributed by atoms with Crippen LogP contribution in [0.3, 0.4) is 0 Å². The largest absolute Gasteiger partial charge is 0.366 e. The second kappa shape index (κ2) is 5.89. The van der Waals surface area contributed by atoms with Gasteiger partial charge in [0.15, 0.2) is 5.78 Å². The average Bonchev–Trinajstić information content (AvgIpc) is 3.02. The number of fused-ring (bicyclic) bond motifs is 3. The summed E-state index contributed by atoms with van der Waals surface area (Å²) in [5.74, 6) is 2.01. The topological polar surface area (TPSA) is 51.1 Å². The lowest BCUT2D eigenvalue weighted by molar-refractivity contribution is 0.103. The number of pyridine rings is 1. The Hall–Kier alpha value is -2.87. The molecule has 0 radical (unpaired) electrons. The van der Waals surface area contributed by atoms with Gasteiger partial charge in [-0.25, -0.2) is 4.39 Å². The van der Waals surface area contributed by atoms with Gasteiger partial charge in [0.2, 0.25) is 0 Å². The van der Waals surface area contributed by atoms with E-state index in [1.165, 1.54) is 24.3 Å². The van der Waals surface area contributed by atoms with Crippen molar-refractivity contribution in [1.82, 2.24) is 4.57 Å². The third-order valence-corrected chi connectivity index (χ3v) is 5.14. The second-order valence-corrected chi connectivity index (χ2v) is 6.57. The van der Waals surface area contributed by atoms with Crippen LogP contribution in [0.1, 0.15) is 53.2 Å². The molecule has 2 heterocycles. The number of benzene rings is 1. The van der Waals surface area contributed by atoms with Gasteiger partial charge in [0.25, 0.3) is 5.56 Å². The first-order valence-electron chi connectivity index (χ1n) is 8.43. The summed E-state index contributed by atoms with van der Waals surface area (Å²) in [6.45, 7) is 0. The highest BCUT2D eigenvalue weighted by Gasteiger charge is 2.36. The maximum atomic E-state index is 13.6. The molecule has 2 atom stereocenters. The van der Waals surface area contributed by atoms with Gasteiger partial charge in [-0.3, -0.25) is 14.2 Å². The van der Waals surface area contributed by atoms with Crippen LogP contribution in [0.15, 0.2) is 35.1 Å². The van der Waals surface area contributed by atoms with E-state index in [0.717, 1.165) is 25.7 Å². The van der Waals surface area contributed by atoms with E-state index in [0.29, 0.717) is 16.9 Å². The van der Waals surface area contributed by atoms with Crippen LogP contribution in [-0.2, 0) is 0 Å². The molecular formula is C20H17FN2O2. The molecule has 0 amide bonds. The van der Waals surface area contributed by atoms with Crippen molar-refractivity contribution in [1.29, 1.82) is 0 Å². The lowest BCUT2D eigenvalue weighted by atomic mass is 9.91. The van der Waals surface area contributed by atoms with Crippen LogP contribution < -0.4 is 10.9 Å². The van der Waals surface area contributed by atoms with E-state index in [-0.39, 0.29) is 29.0 Å². The van der Waals surface area contributed by atoms with Crippen molar-refractivity contribution in [3.63, 3.8) is 0 Å². The fraction of sp³-hybridized carbons (Fsp3) is 0.300. The Morgan fingerprint density at radius 3 is 2.84 bits per heavy atom. The van der Waals surface area contributed by atoms with Gasteiger partial charge in [0.05, 0.1) is 17.2 Å². The molecule has 0 unspecified atom stereocenters. The van der Waals surface area contributed by atoms with Crippen LogP contribution in [0.25, 0.3) is 0 Å². The van der Waals surface area contributed by atoms with Gasteiger partial charge in [0, 0.05) is 17.7 Å². The van der Waals surface area contributed by atoms with Crippen LogP contribution in [-0.4, -0.2) is 16.4 Å². The SMILES string of the molecule is C#Cc1cc(C(=O)c2ccc(=O)n3c2N[C@@H]2CCCC[C@@H]23)ccc1F. The number of hydrogen-bond donors (Lipinski definition) is 1. The lowest BCUT2D eigenvalue weighted by Crippen LogP contribution is -2.29. The number of ketones is 1. The smallest absolute Gasteiger partial charge is 0.252 e. The zero-order valence-electron chi connectivity index (χ0n) is 13.6. The summed E-state index contributed by atoms with van der Waals surface area (Å²) in [4.78, 5) is 25.3. The van der Waals surface area contributed by atoms with Gasteiger partial charge in [-0.2, -0.15) is 0 Å². The Balaban J connectivity index is 1.80.